The van der Waals surface area contributed by atoms with Gasteiger partial charge in [-0.2, -0.15) is 0 Å². The Bertz CT molecular complexity index is 927. The number of likely N-dealkylation sites (tertiary alicyclic amines) is 1. The molecule has 1 aromatic heterocycles. The van der Waals surface area contributed by atoms with Gasteiger partial charge in [-0.1, -0.05) is 55.7 Å². The van der Waals surface area contributed by atoms with Gasteiger partial charge < -0.3 is 20.3 Å². The van der Waals surface area contributed by atoms with Crippen LogP contribution in [-0.4, -0.2) is 47.9 Å². The SMILES string of the molecule is CN=C(NCc1cccnc1OCc1ccccc1)NC1CCN(C(=O)C2CCCCC2)C1. The van der Waals surface area contributed by atoms with Crippen molar-refractivity contribution in [3.63, 3.8) is 0 Å². The molecule has 1 saturated heterocycles. The van der Waals surface area contributed by atoms with Gasteiger partial charge in [0.2, 0.25) is 11.8 Å². The maximum absolute atomic E-state index is 12.8. The lowest BCUT2D eigenvalue weighted by Crippen LogP contribution is -2.45. The molecule has 33 heavy (non-hydrogen) atoms. The Morgan fingerprint density at radius 1 is 1.12 bits per heavy atom. The number of nitrogens with zero attached hydrogens (tertiary/aromatic N) is 3. The number of carbonyl (C=O) groups is 1. The highest BCUT2D eigenvalue weighted by Gasteiger charge is 2.31. The van der Waals surface area contributed by atoms with E-state index in [9.17, 15) is 4.79 Å². The molecule has 1 atom stereocenters. The van der Waals surface area contributed by atoms with Crippen molar-refractivity contribution in [2.75, 3.05) is 20.1 Å². The summed E-state index contributed by atoms with van der Waals surface area (Å²) in [6.07, 6.45) is 8.44. The highest BCUT2D eigenvalue weighted by molar-refractivity contribution is 5.81. The van der Waals surface area contributed by atoms with Crippen molar-refractivity contribution < 1.29 is 9.53 Å². The Morgan fingerprint density at radius 2 is 1.94 bits per heavy atom. The van der Waals surface area contributed by atoms with Crippen LogP contribution in [0.4, 0.5) is 0 Å². The zero-order chi connectivity index (χ0) is 22.9. The number of hydrogen-bond acceptors (Lipinski definition) is 4. The predicted octanol–water partition coefficient (Wildman–Crippen LogP) is 3.51. The summed E-state index contributed by atoms with van der Waals surface area (Å²) >= 11 is 0. The second-order valence-corrected chi connectivity index (χ2v) is 8.92. The van der Waals surface area contributed by atoms with Crippen LogP contribution in [0.3, 0.4) is 0 Å². The number of hydrogen-bond donors (Lipinski definition) is 2. The minimum Gasteiger partial charge on any atom is -0.473 e. The Labute approximate surface area is 196 Å². The highest BCUT2D eigenvalue weighted by atomic mass is 16.5. The number of amides is 1. The second kappa shape index (κ2) is 11.7. The van der Waals surface area contributed by atoms with Gasteiger partial charge in [0.05, 0.1) is 0 Å². The van der Waals surface area contributed by atoms with Crippen molar-refractivity contribution in [2.45, 2.75) is 57.7 Å². The van der Waals surface area contributed by atoms with Gasteiger partial charge in [-0.3, -0.25) is 9.79 Å². The van der Waals surface area contributed by atoms with Crippen molar-refractivity contribution in [3.05, 3.63) is 59.8 Å². The Hall–Kier alpha value is -3.09. The lowest BCUT2D eigenvalue weighted by molar-refractivity contribution is -0.135. The highest BCUT2D eigenvalue weighted by Crippen LogP contribution is 2.26. The maximum Gasteiger partial charge on any atom is 0.225 e. The fraction of sp³-hybridized carbons (Fsp3) is 0.500. The van der Waals surface area contributed by atoms with Crippen molar-refractivity contribution in [2.24, 2.45) is 10.9 Å². The standard InChI is InChI=1S/C26H35N5O2/c1-27-26(30-23-14-16-31(18-23)25(32)21-11-6-3-7-12-21)29-17-22-13-8-15-28-24(22)33-19-20-9-4-2-5-10-20/h2,4-5,8-10,13,15,21,23H,3,6-7,11-12,14,16-19H2,1H3,(H2,27,29,30). The number of pyridine rings is 1. The lowest BCUT2D eigenvalue weighted by atomic mass is 9.88. The number of carbonyl (C=O) groups excluding carboxylic acids is 1. The number of aromatic nitrogens is 1. The first-order chi connectivity index (χ1) is 16.2. The summed E-state index contributed by atoms with van der Waals surface area (Å²) in [5.41, 5.74) is 2.07. The molecule has 1 unspecified atom stereocenters. The average Bonchev–Trinajstić information content (AvgIpc) is 3.35. The van der Waals surface area contributed by atoms with Crippen molar-refractivity contribution in [3.8, 4) is 5.88 Å². The van der Waals surface area contributed by atoms with Crippen LogP contribution in [0.15, 0.2) is 53.7 Å². The average molecular weight is 450 g/mol. The smallest absolute Gasteiger partial charge is 0.225 e. The lowest BCUT2D eigenvalue weighted by Gasteiger charge is -2.26. The summed E-state index contributed by atoms with van der Waals surface area (Å²) in [6, 6.07) is 14.2. The van der Waals surface area contributed by atoms with E-state index >= 15 is 0 Å². The molecule has 2 heterocycles. The van der Waals surface area contributed by atoms with Crippen LogP contribution in [0.25, 0.3) is 0 Å². The van der Waals surface area contributed by atoms with Crippen LogP contribution in [0, 0.1) is 5.92 Å². The van der Waals surface area contributed by atoms with Gasteiger partial charge in [-0.05, 0) is 30.9 Å². The van der Waals surface area contributed by atoms with Gasteiger partial charge in [-0.25, -0.2) is 4.98 Å². The maximum atomic E-state index is 12.8. The van der Waals surface area contributed by atoms with E-state index in [0.29, 0.717) is 24.9 Å². The number of rotatable bonds is 7. The first kappa shape index (κ1) is 23.1. The normalized spacial score (nSPS) is 19.4. The van der Waals surface area contributed by atoms with Crippen LogP contribution in [-0.2, 0) is 17.9 Å². The Balaban J connectivity index is 1.26. The number of guanidine groups is 1. The quantitative estimate of drug-likeness (QED) is 0.500. The van der Waals surface area contributed by atoms with E-state index in [0.717, 1.165) is 49.4 Å². The van der Waals surface area contributed by atoms with E-state index in [2.05, 4.69) is 20.6 Å². The van der Waals surface area contributed by atoms with E-state index in [4.69, 9.17) is 4.74 Å². The number of aliphatic imine (C=N–C) groups is 1. The van der Waals surface area contributed by atoms with Crippen molar-refractivity contribution in [1.82, 2.24) is 20.5 Å². The van der Waals surface area contributed by atoms with Crippen LogP contribution in [0.2, 0.25) is 0 Å². The van der Waals surface area contributed by atoms with Gasteiger partial charge in [-0.15, -0.1) is 0 Å². The second-order valence-electron chi connectivity index (χ2n) is 8.92. The fourth-order valence-electron chi connectivity index (χ4n) is 4.67. The Kier molecular flexibility index (Phi) is 8.17. The van der Waals surface area contributed by atoms with Gasteiger partial charge >= 0.3 is 0 Å². The summed E-state index contributed by atoms with van der Waals surface area (Å²) in [5, 5.41) is 6.86. The molecule has 1 aromatic carbocycles. The van der Waals surface area contributed by atoms with Crippen LogP contribution >= 0.6 is 0 Å². The molecular weight excluding hydrogens is 414 g/mol. The minimum absolute atomic E-state index is 0.214. The summed E-state index contributed by atoms with van der Waals surface area (Å²) < 4.78 is 5.97. The minimum atomic E-state index is 0.214. The molecule has 1 amide bonds. The van der Waals surface area contributed by atoms with Gasteiger partial charge in [0.25, 0.3) is 0 Å². The molecular formula is C26H35N5O2. The first-order valence-corrected chi connectivity index (χ1v) is 12.1. The molecule has 2 aromatic rings. The van der Waals surface area contributed by atoms with Gasteiger partial charge in [0, 0.05) is 50.4 Å². The topological polar surface area (TPSA) is 78.9 Å². The molecule has 2 N–H and O–H groups in total. The zero-order valence-electron chi connectivity index (χ0n) is 19.5. The molecule has 176 valence electrons. The Morgan fingerprint density at radius 3 is 2.73 bits per heavy atom. The van der Waals surface area contributed by atoms with Crippen LogP contribution in [0.5, 0.6) is 5.88 Å². The summed E-state index contributed by atoms with van der Waals surface area (Å²) in [7, 11) is 1.77. The molecule has 1 saturated carbocycles. The van der Waals surface area contributed by atoms with Crippen LogP contribution < -0.4 is 15.4 Å². The van der Waals surface area contributed by atoms with Gasteiger partial charge in [0.15, 0.2) is 5.96 Å². The summed E-state index contributed by atoms with van der Waals surface area (Å²) in [5.74, 6) is 1.92. The summed E-state index contributed by atoms with van der Waals surface area (Å²) in [6.45, 7) is 2.60. The van der Waals surface area contributed by atoms with Crippen LogP contribution in [0.1, 0.15) is 49.7 Å². The molecule has 4 rings (SSSR count). The predicted molar refractivity (Wildman–Crippen MR) is 130 cm³/mol. The molecule has 1 aliphatic carbocycles. The largest absolute Gasteiger partial charge is 0.473 e. The molecule has 7 heteroatoms. The number of benzene rings is 1. The zero-order valence-corrected chi connectivity index (χ0v) is 19.5. The third kappa shape index (κ3) is 6.46. The molecule has 1 aliphatic heterocycles. The third-order valence-electron chi connectivity index (χ3n) is 6.53. The van der Waals surface area contributed by atoms with Crippen molar-refractivity contribution in [1.29, 1.82) is 0 Å². The molecule has 0 spiro atoms. The molecule has 0 radical (unpaired) electrons. The van der Waals surface area contributed by atoms with E-state index in [-0.39, 0.29) is 12.0 Å². The molecule has 2 aliphatic rings. The van der Waals surface area contributed by atoms with Gasteiger partial charge in [0.1, 0.15) is 6.61 Å². The number of nitrogens with one attached hydrogen (secondary N) is 2. The van der Waals surface area contributed by atoms with E-state index in [1.807, 2.05) is 47.4 Å². The van der Waals surface area contributed by atoms with Crippen molar-refractivity contribution >= 4 is 11.9 Å². The molecule has 2 fully saturated rings. The van der Waals surface area contributed by atoms with E-state index in [1.54, 1.807) is 13.2 Å². The first-order valence-electron chi connectivity index (χ1n) is 12.1. The monoisotopic (exact) mass is 449 g/mol. The molecule has 7 nitrogen and oxygen atoms in total. The summed E-state index contributed by atoms with van der Waals surface area (Å²) in [4.78, 5) is 23.7. The number of ether oxygens (including phenoxy) is 1. The fourth-order valence-corrected chi connectivity index (χ4v) is 4.67. The third-order valence-corrected chi connectivity index (χ3v) is 6.53. The van der Waals surface area contributed by atoms with E-state index < -0.39 is 0 Å². The molecule has 0 bridgehead atoms. The van der Waals surface area contributed by atoms with E-state index in [1.165, 1.54) is 19.3 Å².